The maximum Gasteiger partial charge on any atom is 0.277 e. The maximum absolute atomic E-state index is 11.6. The summed E-state index contributed by atoms with van der Waals surface area (Å²) in [6, 6.07) is 15.7. The first-order valence-corrected chi connectivity index (χ1v) is 8.17. The van der Waals surface area contributed by atoms with E-state index in [0.717, 1.165) is 22.9 Å². The number of nitrogens with zero attached hydrogens (tertiary/aromatic N) is 1. The topological polar surface area (TPSA) is 50.7 Å². The summed E-state index contributed by atoms with van der Waals surface area (Å²) in [6.07, 6.45) is 3.38. The number of halogens is 1. The van der Waals surface area contributed by atoms with Crippen molar-refractivity contribution in [3.63, 3.8) is 0 Å². The number of aryl methyl sites for hydroxylation is 2. The molecule has 0 saturated heterocycles. The van der Waals surface area contributed by atoms with Crippen LogP contribution < -0.4 is 10.2 Å². The minimum absolute atomic E-state index is 0.0584. The molecule has 0 atom stereocenters. The van der Waals surface area contributed by atoms with Crippen molar-refractivity contribution in [2.45, 2.75) is 19.8 Å². The molecule has 5 heteroatoms. The number of hydrogen-bond acceptors (Lipinski definition) is 3. The van der Waals surface area contributed by atoms with Crippen LogP contribution in [-0.4, -0.2) is 18.7 Å². The summed E-state index contributed by atoms with van der Waals surface area (Å²) in [6.45, 7) is 1.91. The zero-order valence-corrected chi connectivity index (χ0v) is 14.5. The van der Waals surface area contributed by atoms with E-state index in [1.807, 2.05) is 43.3 Å². The predicted molar refractivity (Wildman–Crippen MR) is 95.8 cm³/mol. The highest BCUT2D eigenvalue weighted by molar-refractivity contribution is 9.10. The Morgan fingerprint density at radius 3 is 2.78 bits per heavy atom. The Balaban J connectivity index is 1.66. The molecule has 0 unspecified atom stereocenters. The Morgan fingerprint density at radius 2 is 2.04 bits per heavy atom. The standard InChI is InChI=1S/C18H19BrN2O2/c1-14-12-16(9-10-17(14)19)23-13-18(22)21-20-11-5-8-15-6-3-2-4-7-15/h2-4,6-7,9-12H,5,8,13H2,1H3,(H,21,22). The van der Waals surface area contributed by atoms with E-state index in [4.69, 9.17) is 4.74 Å². The first-order chi connectivity index (χ1) is 11.1. The molecule has 0 aromatic heterocycles. The van der Waals surface area contributed by atoms with Crippen molar-refractivity contribution in [3.05, 3.63) is 64.1 Å². The summed E-state index contributed by atoms with van der Waals surface area (Å²) < 4.78 is 6.43. The van der Waals surface area contributed by atoms with Gasteiger partial charge in [0.2, 0.25) is 0 Å². The van der Waals surface area contributed by atoms with E-state index < -0.39 is 0 Å². The average molecular weight is 375 g/mol. The third-order valence-corrected chi connectivity index (χ3v) is 4.07. The van der Waals surface area contributed by atoms with E-state index in [2.05, 4.69) is 38.6 Å². The molecule has 2 rings (SSSR count). The van der Waals surface area contributed by atoms with Crippen LogP contribution in [-0.2, 0) is 11.2 Å². The summed E-state index contributed by atoms with van der Waals surface area (Å²) in [4.78, 5) is 11.6. The van der Waals surface area contributed by atoms with Crippen molar-refractivity contribution in [2.24, 2.45) is 5.10 Å². The van der Waals surface area contributed by atoms with Crippen molar-refractivity contribution in [1.29, 1.82) is 0 Å². The Hall–Kier alpha value is -2.14. The number of benzene rings is 2. The lowest BCUT2D eigenvalue weighted by Gasteiger charge is -2.06. The fraction of sp³-hybridized carbons (Fsp3) is 0.222. The van der Waals surface area contributed by atoms with Crippen molar-refractivity contribution in [1.82, 2.24) is 5.43 Å². The van der Waals surface area contributed by atoms with Gasteiger partial charge in [-0.25, -0.2) is 5.43 Å². The average Bonchev–Trinajstić information content (AvgIpc) is 2.56. The fourth-order valence-electron chi connectivity index (χ4n) is 1.95. The molecule has 0 radical (unpaired) electrons. The van der Waals surface area contributed by atoms with E-state index in [1.54, 1.807) is 6.21 Å². The van der Waals surface area contributed by atoms with Crippen LogP contribution in [0.1, 0.15) is 17.5 Å². The Morgan fingerprint density at radius 1 is 1.26 bits per heavy atom. The molecule has 0 aliphatic rings. The third-order valence-electron chi connectivity index (χ3n) is 3.18. The van der Waals surface area contributed by atoms with Gasteiger partial charge in [-0.05, 0) is 49.1 Å². The second kappa shape index (κ2) is 9.10. The van der Waals surface area contributed by atoms with Gasteiger partial charge in [0.1, 0.15) is 5.75 Å². The molecule has 0 bridgehead atoms. The molecule has 23 heavy (non-hydrogen) atoms. The maximum atomic E-state index is 11.6. The molecule has 0 heterocycles. The van der Waals surface area contributed by atoms with E-state index in [-0.39, 0.29) is 12.5 Å². The summed E-state index contributed by atoms with van der Waals surface area (Å²) >= 11 is 3.42. The van der Waals surface area contributed by atoms with Crippen molar-refractivity contribution in [2.75, 3.05) is 6.61 Å². The summed E-state index contributed by atoms with van der Waals surface area (Å²) in [7, 11) is 0. The van der Waals surface area contributed by atoms with Crippen LogP contribution in [0.4, 0.5) is 0 Å². The van der Waals surface area contributed by atoms with Gasteiger partial charge in [0.25, 0.3) is 5.91 Å². The molecule has 120 valence electrons. The van der Waals surface area contributed by atoms with Gasteiger partial charge in [0.05, 0.1) is 0 Å². The van der Waals surface area contributed by atoms with Crippen LogP contribution in [0.15, 0.2) is 58.1 Å². The largest absolute Gasteiger partial charge is 0.484 e. The number of rotatable bonds is 7. The molecule has 0 aliphatic heterocycles. The van der Waals surface area contributed by atoms with E-state index >= 15 is 0 Å². The minimum Gasteiger partial charge on any atom is -0.484 e. The number of nitrogens with one attached hydrogen (secondary N) is 1. The second-order valence-electron chi connectivity index (χ2n) is 5.07. The lowest BCUT2D eigenvalue weighted by Crippen LogP contribution is -2.24. The van der Waals surface area contributed by atoms with Gasteiger partial charge in [-0.1, -0.05) is 46.3 Å². The van der Waals surface area contributed by atoms with Gasteiger partial charge in [0.15, 0.2) is 6.61 Å². The number of hydrogen-bond donors (Lipinski definition) is 1. The number of amides is 1. The van der Waals surface area contributed by atoms with Crippen LogP contribution in [0.25, 0.3) is 0 Å². The number of carbonyl (C=O) groups excluding carboxylic acids is 1. The van der Waals surface area contributed by atoms with E-state index in [9.17, 15) is 4.79 Å². The molecule has 2 aromatic rings. The van der Waals surface area contributed by atoms with Crippen molar-refractivity contribution in [3.8, 4) is 5.75 Å². The highest BCUT2D eigenvalue weighted by Crippen LogP contribution is 2.21. The molecule has 1 amide bonds. The lowest BCUT2D eigenvalue weighted by molar-refractivity contribution is -0.123. The quantitative estimate of drug-likeness (QED) is 0.590. The van der Waals surface area contributed by atoms with E-state index in [0.29, 0.717) is 5.75 Å². The van der Waals surface area contributed by atoms with Gasteiger partial charge in [-0.3, -0.25) is 4.79 Å². The number of hydrazone groups is 1. The van der Waals surface area contributed by atoms with Crippen LogP contribution in [0.3, 0.4) is 0 Å². The van der Waals surface area contributed by atoms with Gasteiger partial charge >= 0.3 is 0 Å². The molecule has 4 nitrogen and oxygen atoms in total. The smallest absolute Gasteiger partial charge is 0.277 e. The molecule has 2 aromatic carbocycles. The zero-order valence-electron chi connectivity index (χ0n) is 13.0. The normalized spacial score (nSPS) is 10.7. The summed E-state index contributed by atoms with van der Waals surface area (Å²) in [5.74, 6) is 0.385. The van der Waals surface area contributed by atoms with Crippen LogP contribution in [0.5, 0.6) is 5.75 Å². The van der Waals surface area contributed by atoms with Crippen LogP contribution in [0.2, 0.25) is 0 Å². The van der Waals surface area contributed by atoms with Gasteiger partial charge < -0.3 is 4.74 Å². The molecule has 0 saturated carbocycles. The predicted octanol–water partition coefficient (Wildman–Crippen LogP) is 3.87. The van der Waals surface area contributed by atoms with Crippen molar-refractivity contribution >= 4 is 28.1 Å². The Labute approximate surface area is 144 Å². The Kier molecular flexibility index (Phi) is 6.81. The summed E-state index contributed by atoms with van der Waals surface area (Å²) in [5, 5.41) is 3.92. The minimum atomic E-state index is -0.276. The molecule has 0 spiro atoms. The first kappa shape index (κ1) is 17.2. The summed E-state index contributed by atoms with van der Waals surface area (Å²) in [5.41, 5.74) is 4.77. The van der Waals surface area contributed by atoms with Crippen molar-refractivity contribution < 1.29 is 9.53 Å². The molecule has 1 N–H and O–H groups in total. The third kappa shape index (κ3) is 6.24. The van der Waals surface area contributed by atoms with Gasteiger partial charge in [-0.2, -0.15) is 5.10 Å². The van der Waals surface area contributed by atoms with Crippen LogP contribution >= 0.6 is 15.9 Å². The molecular formula is C18H19BrN2O2. The highest BCUT2D eigenvalue weighted by atomic mass is 79.9. The zero-order chi connectivity index (χ0) is 16.5. The van der Waals surface area contributed by atoms with Crippen LogP contribution in [0, 0.1) is 6.92 Å². The monoisotopic (exact) mass is 374 g/mol. The number of ether oxygens (including phenoxy) is 1. The Bertz CT molecular complexity index is 672. The lowest BCUT2D eigenvalue weighted by atomic mass is 10.1. The second-order valence-corrected chi connectivity index (χ2v) is 5.92. The molecular weight excluding hydrogens is 356 g/mol. The first-order valence-electron chi connectivity index (χ1n) is 7.38. The molecule has 0 aliphatic carbocycles. The molecule has 0 fully saturated rings. The number of carbonyl (C=O) groups is 1. The highest BCUT2D eigenvalue weighted by Gasteiger charge is 2.02. The van der Waals surface area contributed by atoms with Gasteiger partial charge in [-0.15, -0.1) is 0 Å². The fourth-order valence-corrected chi connectivity index (χ4v) is 2.19. The van der Waals surface area contributed by atoms with E-state index in [1.165, 1.54) is 5.56 Å². The SMILES string of the molecule is Cc1cc(OCC(=O)NN=CCCc2ccccc2)ccc1Br. The van der Waals surface area contributed by atoms with Gasteiger partial charge in [0, 0.05) is 10.7 Å².